The highest BCUT2D eigenvalue weighted by molar-refractivity contribution is 5.28. The molecular formula is C16H27NO. The summed E-state index contributed by atoms with van der Waals surface area (Å²) in [4.78, 5) is 0. The van der Waals surface area contributed by atoms with Crippen LogP contribution >= 0.6 is 0 Å². The number of ether oxygens (including phenoxy) is 1. The maximum Gasteiger partial charge on any atom is 0.119 e. The van der Waals surface area contributed by atoms with E-state index in [1.165, 1.54) is 31.2 Å². The summed E-state index contributed by atoms with van der Waals surface area (Å²) in [6.07, 6.45) is 7.34. The summed E-state index contributed by atoms with van der Waals surface area (Å²) in [5, 5.41) is 0. The molecule has 1 aromatic rings. The second-order valence-electron chi connectivity index (χ2n) is 4.85. The van der Waals surface area contributed by atoms with Crippen LogP contribution in [0.3, 0.4) is 0 Å². The SMILES string of the molecule is CCCCCCCOc1ccc([C@H](N)CC)cc1. The van der Waals surface area contributed by atoms with E-state index in [-0.39, 0.29) is 6.04 Å². The van der Waals surface area contributed by atoms with Crippen LogP contribution in [0.5, 0.6) is 5.75 Å². The molecule has 1 rings (SSSR count). The second-order valence-corrected chi connectivity index (χ2v) is 4.85. The third kappa shape index (κ3) is 5.54. The minimum absolute atomic E-state index is 0.146. The van der Waals surface area contributed by atoms with Gasteiger partial charge in [-0.3, -0.25) is 0 Å². The number of unbranched alkanes of at least 4 members (excludes halogenated alkanes) is 4. The van der Waals surface area contributed by atoms with E-state index in [0.717, 1.165) is 25.2 Å². The second kappa shape index (κ2) is 8.98. The van der Waals surface area contributed by atoms with Crippen molar-refractivity contribution < 1.29 is 4.74 Å². The molecule has 0 heterocycles. The molecule has 0 aliphatic heterocycles. The zero-order chi connectivity index (χ0) is 13.2. The molecule has 102 valence electrons. The van der Waals surface area contributed by atoms with Crippen LogP contribution in [0.1, 0.15) is 64.0 Å². The average molecular weight is 249 g/mol. The van der Waals surface area contributed by atoms with Gasteiger partial charge in [0, 0.05) is 6.04 Å². The van der Waals surface area contributed by atoms with Crippen LogP contribution < -0.4 is 10.5 Å². The molecule has 2 N–H and O–H groups in total. The van der Waals surface area contributed by atoms with Crippen molar-refractivity contribution in [3.63, 3.8) is 0 Å². The Balaban J connectivity index is 2.22. The Labute approximate surface area is 112 Å². The minimum atomic E-state index is 0.146. The van der Waals surface area contributed by atoms with Crippen molar-refractivity contribution in [3.8, 4) is 5.75 Å². The summed E-state index contributed by atoms with van der Waals surface area (Å²) >= 11 is 0. The number of benzene rings is 1. The molecule has 1 aromatic carbocycles. The largest absolute Gasteiger partial charge is 0.494 e. The van der Waals surface area contributed by atoms with Crippen molar-refractivity contribution in [3.05, 3.63) is 29.8 Å². The van der Waals surface area contributed by atoms with Crippen LogP contribution in [-0.2, 0) is 0 Å². The van der Waals surface area contributed by atoms with E-state index in [2.05, 4.69) is 26.0 Å². The Hall–Kier alpha value is -1.02. The molecule has 0 bridgehead atoms. The Morgan fingerprint density at radius 3 is 2.28 bits per heavy atom. The molecule has 2 heteroatoms. The third-order valence-electron chi connectivity index (χ3n) is 3.26. The van der Waals surface area contributed by atoms with Crippen molar-refractivity contribution in [2.24, 2.45) is 5.73 Å². The van der Waals surface area contributed by atoms with Gasteiger partial charge < -0.3 is 10.5 Å². The molecule has 0 spiro atoms. The van der Waals surface area contributed by atoms with Crippen molar-refractivity contribution in [2.45, 2.75) is 58.4 Å². The molecule has 2 nitrogen and oxygen atoms in total. The summed E-state index contributed by atoms with van der Waals surface area (Å²) in [7, 11) is 0. The Morgan fingerprint density at radius 2 is 1.67 bits per heavy atom. The van der Waals surface area contributed by atoms with Crippen molar-refractivity contribution in [2.75, 3.05) is 6.61 Å². The number of rotatable bonds is 9. The Morgan fingerprint density at radius 1 is 1.00 bits per heavy atom. The van der Waals surface area contributed by atoms with Crippen LogP contribution in [0.25, 0.3) is 0 Å². The zero-order valence-corrected chi connectivity index (χ0v) is 11.8. The van der Waals surface area contributed by atoms with Gasteiger partial charge in [0.05, 0.1) is 6.61 Å². The van der Waals surface area contributed by atoms with Crippen LogP contribution in [0.15, 0.2) is 24.3 Å². The van der Waals surface area contributed by atoms with Gasteiger partial charge >= 0.3 is 0 Å². The molecule has 0 radical (unpaired) electrons. The molecule has 0 fully saturated rings. The lowest BCUT2D eigenvalue weighted by Crippen LogP contribution is -2.08. The summed E-state index contributed by atoms with van der Waals surface area (Å²) in [5.74, 6) is 0.956. The highest BCUT2D eigenvalue weighted by Crippen LogP contribution is 2.18. The molecular weight excluding hydrogens is 222 g/mol. The smallest absolute Gasteiger partial charge is 0.119 e. The fourth-order valence-electron chi connectivity index (χ4n) is 1.94. The lowest BCUT2D eigenvalue weighted by Gasteiger charge is -2.10. The first-order valence-electron chi connectivity index (χ1n) is 7.26. The first-order chi connectivity index (χ1) is 8.77. The normalized spacial score (nSPS) is 12.4. The van der Waals surface area contributed by atoms with E-state index < -0.39 is 0 Å². The fourth-order valence-corrected chi connectivity index (χ4v) is 1.94. The third-order valence-corrected chi connectivity index (χ3v) is 3.26. The van der Waals surface area contributed by atoms with E-state index in [4.69, 9.17) is 10.5 Å². The van der Waals surface area contributed by atoms with Gasteiger partial charge in [-0.15, -0.1) is 0 Å². The molecule has 0 aromatic heterocycles. The van der Waals surface area contributed by atoms with Crippen LogP contribution in [0.2, 0.25) is 0 Å². The number of nitrogens with two attached hydrogens (primary N) is 1. The molecule has 1 atom stereocenters. The van der Waals surface area contributed by atoms with Gasteiger partial charge in [0.2, 0.25) is 0 Å². The molecule has 0 saturated carbocycles. The maximum atomic E-state index is 5.97. The minimum Gasteiger partial charge on any atom is -0.494 e. The standard InChI is InChI=1S/C16H27NO/c1-3-5-6-7-8-13-18-15-11-9-14(10-12-15)16(17)4-2/h9-12,16H,3-8,13,17H2,1-2H3/t16-/m1/s1. The van der Waals surface area contributed by atoms with Crippen molar-refractivity contribution in [1.82, 2.24) is 0 Å². The molecule has 0 amide bonds. The van der Waals surface area contributed by atoms with Crippen LogP contribution in [0.4, 0.5) is 0 Å². The molecule has 0 unspecified atom stereocenters. The van der Waals surface area contributed by atoms with Gasteiger partial charge in [-0.2, -0.15) is 0 Å². The van der Waals surface area contributed by atoms with Gasteiger partial charge in [-0.05, 0) is 30.5 Å². The zero-order valence-electron chi connectivity index (χ0n) is 11.8. The fraction of sp³-hybridized carbons (Fsp3) is 0.625. The lowest BCUT2D eigenvalue weighted by atomic mass is 10.1. The van der Waals surface area contributed by atoms with Gasteiger partial charge in [0.25, 0.3) is 0 Å². The Bertz CT molecular complexity index is 307. The van der Waals surface area contributed by atoms with Crippen LogP contribution in [-0.4, -0.2) is 6.61 Å². The number of hydrogen-bond donors (Lipinski definition) is 1. The van der Waals surface area contributed by atoms with E-state index in [1.807, 2.05) is 12.1 Å². The summed E-state index contributed by atoms with van der Waals surface area (Å²) in [6.45, 7) is 5.16. The summed E-state index contributed by atoms with van der Waals surface area (Å²) < 4.78 is 5.71. The lowest BCUT2D eigenvalue weighted by molar-refractivity contribution is 0.304. The van der Waals surface area contributed by atoms with E-state index in [0.29, 0.717) is 0 Å². The first-order valence-corrected chi connectivity index (χ1v) is 7.26. The van der Waals surface area contributed by atoms with Crippen LogP contribution in [0, 0.1) is 0 Å². The number of hydrogen-bond acceptors (Lipinski definition) is 2. The topological polar surface area (TPSA) is 35.2 Å². The summed E-state index contributed by atoms with van der Waals surface area (Å²) in [6, 6.07) is 8.34. The van der Waals surface area contributed by atoms with E-state index >= 15 is 0 Å². The molecule has 18 heavy (non-hydrogen) atoms. The van der Waals surface area contributed by atoms with Gasteiger partial charge in [-0.1, -0.05) is 51.7 Å². The first kappa shape index (κ1) is 15.0. The summed E-state index contributed by atoms with van der Waals surface area (Å²) in [5.41, 5.74) is 7.16. The molecule has 0 aliphatic carbocycles. The average Bonchev–Trinajstić information content (AvgIpc) is 2.42. The van der Waals surface area contributed by atoms with E-state index in [1.54, 1.807) is 0 Å². The maximum absolute atomic E-state index is 5.97. The predicted molar refractivity (Wildman–Crippen MR) is 77.9 cm³/mol. The van der Waals surface area contributed by atoms with Gasteiger partial charge in [0.15, 0.2) is 0 Å². The molecule has 0 aliphatic rings. The Kier molecular flexibility index (Phi) is 7.51. The highest BCUT2D eigenvalue weighted by atomic mass is 16.5. The van der Waals surface area contributed by atoms with Crippen molar-refractivity contribution in [1.29, 1.82) is 0 Å². The highest BCUT2D eigenvalue weighted by Gasteiger charge is 2.02. The van der Waals surface area contributed by atoms with Gasteiger partial charge in [-0.25, -0.2) is 0 Å². The van der Waals surface area contributed by atoms with E-state index in [9.17, 15) is 0 Å². The monoisotopic (exact) mass is 249 g/mol. The predicted octanol–water partition coefficient (Wildman–Crippen LogP) is 4.45. The molecule has 0 saturated heterocycles. The van der Waals surface area contributed by atoms with Gasteiger partial charge in [0.1, 0.15) is 5.75 Å². The quantitative estimate of drug-likeness (QED) is 0.656. The van der Waals surface area contributed by atoms with Crippen molar-refractivity contribution >= 4 is 0 Å².